The van der Waals surface area contributed by atoms with Crippen LogP contribution in [0.25, 0.3) is 0 Å². The Kier molecular flexibility index (Phi) is 6.77. The van der Waals surface area contributed by atoms with Gasteiger partial charge in [0.25, 0.3) is 0 Å². The minimum atomic E-state index is -1.08. The first kappa shape index (κ1) is 18.1. The number of nitrogens with zero attached hydrogens (tertiary/aromatic N) is 1. The third-order valence-electron chi connectivity index (χ3n) is 2.44. The number of hydrogen-bond acceptors (Lipinski definition) is 2. The Morgan fingerprint density at radius 1 is 1.33 bits per heavy atom. The van der Waals surface area contributed by atoms with E-state index in [9.17, 15) is 9.59 Å². The lowest BCUT2D eigenvalue weighted by atomic mass is 10.2. The van der Waals surface area contributed by atoms with Gasteiger partial charge in [-0.15, -0.1) is 0 Å². The van der Waals surface area contributed by atoms with E-state index in [1.807, 2.05) is 13.8 Å². The van der Waals surface area contributed by atoms with Gasteiger partial charge in [-0.2, -0.15) is 0 Å². The Balaban J connectivity index is 2.93. The van der Waals surface area contributed by atoms with E-state index in [1.165, 1.54) is 4.90 Å². The molecule has 1 aromatic carbocycles. The van der Waals surface area contributed by atoms with Crippen LogP contribution in [0.1, 0.15) is 13.8 Å². The van der Waals surface area contributed by atoms with Crippen LogP contribution in [-0.4, -0.2) is 35.1 Å². The number of nitrogens with one attached hydrogen (secondary N) is 1. The molecular formula is C13H15BrCl2N2O3. The smallest absolute Gasteiger partial charge is 0.323 e. The molecule has 0 saturated carbocycles. The molecule has 0 aliphatic heterocycles. The lowest BCUT2D eigenvalue weighted by molar-refractivity contribution is -0.137. The van der Waals surface area contributed by atoms with Gasteiger partial charge >= 0.3 is 12.0 Å². The zero-order valence-corrected chi connectivity index (χ0v) is 14.6. The maximum Gasteiger partial charge on any atom is 0.323 e. The molecule has 21 heavy (non-hydrogen) atoms. The zero-order valence-electron chi connectivity index (χ0n) is 11.5. The van der Waals surface area contributed by atoms with Crippen LogP contribution in [0, 0.1) is 5.92 Å². The number of carboxylic acid groups (broad SMARTS) is 1. The van der Waals surface area contributed by atoms with Crippen LogP contribution in [0.4, 0.5) is 10.5 Å². The molecule has 0 bridgehead atoms. The van der Waals surface area contributed by atoms with E-state index in [4.69, 9.17) is 28.3 Å². The predicted octanol–water partition coefficient (Wildman–Crippen LogP) is 4.33. The largest absolute Gasteiger partial charge is 0.480 e. The molecular weight excluding hydrogens is 383 g/mol. The van der Waals surface area contributed by atoms with Gasteiger partial charge in [-0.3, -0.25) is 4.79 Å². The second-order valence-corrected chi connectivity index (χ2v) is 6.57. The molecule has 0 fully saturated rings. The van der Waals surface area contributed by atoms with Gasteiger partial charge in [0.2, 0.25) is 0 Å². The number of urea groups is 1. The molecule has 1 rings (SSSR count). The maximum atomic E-state index is 12.2. The second-order valence-electron chi connectivity index (χ2n) is 4.84. The van der Waals surface area contributed by atoms with E-state index in [0.717, 1.165) is 0 Å². The molecule has 2 N–H and O–H groups in total. The number of carbonyl (C=O) groups excluding carboxylic acids is 1. The first-order valence-corrected chi connectivity index (χ1v) is 7.67. The van der Waals surface area contributed by atoms with Crippen molar-refractivity contribution in [3.8, 4) is 0 Å². The monoisotopic (exact) mass is 396 g/mol. The van der Waals surface area contributed by atoms with E-state index >= 15 is 0 Å². The second kappa shape index (κ2) is 7.87. The number of rotatable bonds is 5. The van der Waals surface area contributed by atoms with E-state index < -0.39 is 18.5 Å². The normalized spacial score (nSPS) is 10.6. The number of aliphatic carboxylic acids is 1. The van der Waals surface area contributed by atoms with Gasteiger partial charge in [0.1, 0.15) is 6.54 Å². The Morgan fingerprint density at radius 3 is 2.29 bits per heavy atom. The summed E-state index contributed by atoms with van der Waals surface area (Å²) in [5, 5.41) is 12.0. The molecule has 0 atom stereocenters. The molecule has 8 heteroatoms. The molecule has 0 radical (unpaired) electrons. The van der Waals surface area contributed by atoms with Crippen molar-refractivity contribution >= 4 is 56.8 Å². The molecule has 0 spiro atoms. The van der Waals surface area contributed by atoms with E-state index in [1.54, 1.807) is 12.1 Å². The summed E-state index contributed by atoms with van der Waals surface area (Å²) in [7, 11) is 0. The molecule has 0 aliphatic carbocycles. The van der Waals surface area contributed by atoms with Gasteiger partial charge in [0.05, 0.1) is 15.7 Å². The standard InChI is InChI=1S/C13H15BrCl2N2O3/c1-7(2)5-18(6-11(19)20)13(21)17-12-9(15)3-8(14)4-10(12)16/h3-4,7H,5-6H2,1-2H3,(H,17,21)(H,19,20). The van der Waals surface area contributed by atoms with Crippen LogP contribution >= 0.6 is 39.1 Å². The van der Waals surface area contributed by atoms with Crippen molar-refractivity contribution in [2.24, 2.45) is 5.92 Å². The average molecular weight is 398 g/mol. The van der Waals surface area contributed by atoms with Crippen LogP contribution in [0.5, 0.6) is 0 Å². The molecule has 1 aromatic rings. The van der Waals surface area contributed by atoms with E-state index in [-0.39, 0.29) is 21.7 Å². The average Bonchev–Trinajstić information content (AvgIpc) is 2.31. The molecule has 0 saturated heterocycles. The number of hydrogen-bond donors (Lipinski definition) is 2. The summed E-state index contributed by atoms with van der Waals surface area (Å²) >= 11 is 15.3. The summed E-state index contributed by atoms with van der Waals surface area (Å²) in [6, 6.07) is 2.62. The Hall–Kier alpha value is -0.980. The fourth-order valence-corrected chi connectivity index (χ4v) is 2.97. The SMILES string of the molecule is CC(C)CN(CC(=O)O)C(=O)Nc1c(Cl)cc(Br)cc1Cl. The number of benzene rings is 1. The minimum absolute atomic E-state index is 0.131. The van der Waals surface area contributed by atoms with Crippen LogP contribution < -0.4 is 5.32 Å². The summed E-state index contributed by atoms with van der Waals surface area (Å²) in [6.07, 6.45) is 0. The molecule has 0 aromatic heterocycles. The molecule has 0 aliphatic rings. The first-order chi connectivity index (χ1) is 9.70. The van der Waals surface area contributed by atoms with Crippen LogP contribution in [0.3, 0.4) is 0 Å². The zero-order chi connectivity index (χ0) is 16.2. The number of halogens is 3. The van der Waals surface area contributed by atoms with Crippen LogP contribution in [-0.2, 0) is 4.79 Å². The van der Waals surface area contributed by atoms with Gasteiger partial charge in [0.15, 0.2) is 0 Å². The third-order valence-corrected chi connectivity index (χ3v) is 3.49. The highest BCUT2D eigenvalue weighted by Gasteiger charge is 2.20. The lowest BCUT2D eigenvalue weighted by Gasteiger charge is -2.23. The van der Waals surface area contributed by atoms with Crippen LogP contribution in [0.2, 0.25) is 10.0 Å². The Morgan fingerprint density at radius 2 is 1.86 bits per heavy atom. The van der Waals surface area contributed by atoms with Crippen molar-refractivity contribution in [2.45, 2.75) is 13.8 Å². The summed E-state index contributed by atoms with van der Waals surface area (Å²) in [5.74, 6) is -0.954. The summed E-state index contributed by atoms with van der Waals surface area (Å²) in [6.45, 7) is 3.70. The quantitative estimate of drug-likeness (QED) is 0.776. The fourth-order valence-electron chi connectivity index (χ4n) is 1.67. The molecule has 0 heterocycles. The maximum absolute atomic E-state index is 12.2. The number of anilines is 1. The van der Waals surface area contributed by atoms with Gasteiger partial charge in [-0.1, -0.05) is 53.0 Å². The topological polar surface area (TPSA) is 69.6 Å². The lowest BCUT2D eigenvalue weighted by Crippen LogP contribution is -2.41. The van der Waals surface area contributed by atoms with Crippen molar-refractivity contribution in [3.63, 3.8) is 0 Å². The summed E-state index contributed by atoms with van der Waals surface area (Å²) in [5.41, 5.74) is 0.255. The Labute approximate surface area is 141 Å². The van der Waals surface area contributed by atoms with Crippen LogP contribution in [0.15, 0.2) is 16.6 Å². The fraction of sp³-hybridized carbons (Fsp3) is 0.385. The highest BCUT2D eigenvalue weighted by molar-refractivity contribution is 9.10. The van der Waals surface area contributed by atoms with E-state index in [2.05, 4.69) is 21.2 Å². The Bertz CT molecular complexity index is 529. The van der Waals surface area contributed by atoms with Crippen molar-refractivity contribution in [2.75, 3.05) is 18.4 Å². The van der Waals surface area contributed by atoms with Gasteiger partial charge < -0.3 is 15.3 Å². The molecule has 5 nitrogen and oxygen atoms in total. The minimum Gasteiger partial charge on any atom is -0.480 e. The van der Waals surface area contributed by atoms with Crippen molar-refractivity contribution in [3.05, 3.63) is 26.7 Å². The van der Waals surface area contributed by atoms with E-state index in [0.29, 0.717) is 11.0 Å². The molecule has 116 valence electrons. The van der Waals surface area contributed by atoms with Crippen molar-refractivity contribution < 1.29 is 14.7 Å². The number of carboxylic acids is 1. The number of carbonyl (C=O) groups is 2. The van der Waals surface area contributed by atoms with Crippen molar-refractivity contribution in [1.82, 2.24) is 4.90 Å². The number of amides is 2. The van der Waals surface area contributed by atoms with Gasteiger partial charge in [0, 0.05) is 11.0 Å². The molecule has 0 unspecified atom stereocenters. The highest BCUT2D eigenvalue weighted by atomic mass is 79.9. The van der Waals surface area contributed by atoms with Gasteiger partial charge in [-0.05, 0) is 18.1 Å². The highest BCUT2D eigenvalue weighted by Crippen LogP contribution is 2.33. The van der Waals surface area contributed by atoms with Gasteiger partial charge in [-0.25, -0.2) is 4.79 Å². The predicted molar refractivity (Wildman–Crippen MR) is 87.2 cm³/mol. The summed E-state index contributed by atoms with van der Waals surface area (Å²) < 4.78 is 0.681. The third kappa shape index (κ3) is 5.73. The van der Waals surface area contributed by atoms with Crippen molar-refractivity contribution in [1.29, 1.82) is 0 Å². The molecule has 2 amide bonds. The summed E-state index contributed by atoms with van der Waals surface area (Å²) in [4.78, 5) is 24.2. The first-order valence-electron chi connectivity index (χ1n) is 6.13.